The van der Waals surface area contributed by atoms with Gasteiger partial charge in [0.1, 0.15) is 5.75 Å². The molecule has 2 aliphatic heterocycles. The molecule has 1 aromatic carbocycles. The maximum atomic E-state index is 12.2. The van der Waals surface area contributed by atoms with Crippen LogP contribution in [-0.2, 0) is 11.3 Å². The molecule has 7 nitrogen and oxygen atoms in total. The molecule has 24 heavy (non-hydrogen) atoms. The fourth-order valence-electron chi connectivity index (χ4n) is 3.41. The molecular formula is C15H17F2N5O2. The normalized spacial score (nSPS) is 23.8. The second-order valence-electron chi connectivity index (χ2n) is 5.97. The van der Waals surface area contributed by atoms with E-state index in [0.717, 1.165) is 31.9 Å². The van der Waals surface area contributed by atoms with E-state index in [1.807, 2.05) is 0 Å². The van der Waals surface area contributed by atoms with E-state index in [1.165, 1.54) is 12.1 Å². The largest absolute Gasteiger partial charge is 0.435 e. The maximum Gasteiger partial charge on any atom is 0.387 e. The molecule has 2 aromatic rings. The molecule has 9 heteroatoms. The molecule has 0 aliphatic carbocycles. The third kappa shape index (κ3) is 2.96. The van der Waals surface area contributed by atoms with Gasteiger partial charge in [0, 0.05) is 12.1 Å². The highest BCUT2D eigenvalue weighted by Crippen LogP contribution is 2.30. The van der Waals surface area contributed by atoms with Crippen LogP contribution in [0.3, 0.4) is 0 Å². The Bertz CT molecular complexity index is 677. The molecule has 1 aromatic heterocycles. The minimum absolute atomic E-state index is 0.106. The van der Waals surface area contributed by atoms with Crippen LogP contribution in [0.2, 0.25) is 0 Å². The molecule has 2 saturated heterocycles. The highest BCUT2D eigenvalue weighted by Gasteiger charge is 2.38. The molecule has 2 atom stereocenters. The molecule has 3 heterocycles. The number of hydrogen-bond acceptors (Lipinski definition) is 6. The zero-order valence-electron chi connectivity index (χ0n) is 12.9. The van der Waals surface area contributed by atoms with Crippen LogP contribution in [0.1, 0.15) is 18.7 Å². The summed E-state index contributed by atoms with van der Waals surface area (Å²) >= 11 is 0. The number of tetrazole rings is 1. The zero-order valence-corrected chi connectivity index (χ0v) is 12.9. The lowest BCUT2D eigenvalue weighted by atomic mass is 10.2. The molecule has 128 valence electrons. The van der Waals surface area contributed by atoms with E-state index < -0.39 is 6.61 Å². The van der Waals surface area contributed by atoms with E-state index in [9.17, 15) is 8.78 Å². The van der Waals surface area contributed by atoms with Crippen LogP contribution in [-0.4, -0.2) is 57.0 Å². The van der Waals surface area contributed by atoms with Crippen LogP contribution in [0.15, 0.2) is 24.3 Å². The van der Waals surface area contributed by atoms with Gasteiger partial charge in [0.2, 0.25) is 0 Å². The van der Waals surface area contributed by atoms with Crippen molar-refractivity contribution in [2.45, 2.75) is 38.1 Å². The van der Waals surface area contributed by atoms with E-state index in [4.69, 9.17) is 4.74 Å². The van der Waals surface area contributed by atoms with Gasteiger partial charge >= 0.3 is 6.61 Å². The summed E-state index contributed by atoms with van der Waals surface area (Å²) in [5.74, 6) is 0.825. The van der Waals surface area contributed by atoms with Crippen molar-refractivity contribution >= 4 is 0 Å². The average molecular weight is 337 g/mol. The monoisotopic (exact) mass is 337 g/mol. The van der Waals surface area contributed by atoms with Crippen molar-refractivity contribution in [3.8, 4) is 11.4 Å². The summed E-state index contributed by atoms with van der Waals surface area (Å²) in [7, 11) is 0. The van der Waals surface area contributed by atoms with Gasteiger partial charge in [0.05, 0.1) is 25.4 Å². The molecule has 4 rings (SSSR count). The summed E-state index contributed by atoms with van der Waals surface area (Å²) in [5, 5.41) is 11.9. The predicted octanol–water partition coefficient (Wildman–Crippen LogP) is 1.63. The molecular weight excluding hydrogens is 320 g/mol. The Morgan fingerprint density at radius 3 is 2.54 bits per heavy atom. The van der Waals surface area contributed by atoms with Crippen LogP contribution < -0.4 is 4.74 Å². The Kier molecular flexibility index (Phi) is 4.11. The SMILES string of the molecule is FC(F)Oc1ccc(-n2nnnc2CN2[C@@H]3CC[C@H]2COC3)cc1. The van der Waals surface area contributed by atoms with Gasteiger partial charge in [-0.25, -0.2) is 0 Å². The summed E-state index contributed by atoms with van der Waals surface area (Å²) < 4.78 is 36.0. The van der Waals surface area contributed by atoms with Crippen molar-refractivity contribution in [1.29, 1.82) is 0 Å². The van der Waals surface area contributed by atoms with Gasteiger partial charge in [-0.3, -0.25) is 4.90 Å². The first-order chi connectivity index (χ1) is 11.7. The quantitative estimate of drug-likeness (QED) is 0.826. The van der Waals surface area contributed by atoms with Crippen LogP contribution >= 0.6 is 0 Å². The van der Waals surface area contributed by atoms with Crippen molar-refractivity contribution in [2.24, 2.45) is 0 Å². The first kappa shape index (κ1) is 15.4. The van der Waals surface area contributed by atoms with E-state index >= 15 is 0 Å². The van der Waals surface area contributed by atoms with Crippen LogP contribution in [0.4, 0.5) is 8.78 Å². The van der Waals surface area contributed by atoms with E-state index in [-0.39, 0.29) is 5.75 Å². The van der Waals surface area contributed by atoms with Crippen molar-refractivity contribution in [1.82, 2.24) is 25.1 Å². The van der Waals surface area contributed by atoms with Crippen LogP contribution in [0.5, 0.6) is 5.75 Å². The zero-order chi connectivity index (χ0) is 16.5. The third-order valence-electron chi connectivity index (χ3n) is 4.56. The minimum atomic E-state index is -2.84. The molecule has 2 fully saturated rings. The van der Waals surface area contributed by atoms with E-state index in [1.54, 1.807) is 16.8 Å². The lowest BCUT2D eigenvalue weighted by Crippen LogP contribution is -2.45. The Hall–Kier alpha value is -2.13. The average Bonchev–Trinajstić information content (AvgIpc) is 3.09. The van der Waals surface area contributed by atoms with Gasteiger partial charge in [0.15, 0.2) is 5.82 Å². The van der Waals surface area contributed by atoms with E-state index in [2.05, 4.69) is 25.2 Å². The lowest BCUT2D eigenvalue weighted by molar-refractivity contribution is -0.0498. The molecule has 2 aliphatic rings. The number of aromatic nitrogens is 4. The molecule has 0 amide bonds. The first-order valence-corrected chi connectivity index (χ1v) is 7.86. The van der Waals surface area contributed by atoms with Gasteiger partial charge in [0.25, 0.3) is 0 Å². The standard InChI is InChI=1S/C15H17F2N5O2/c16-15(17)24-13-5-3-10(4-6-13)22-14(18-19-20-22)7-21-11-1-2-12(21)9-23-8-11/h3-6,11-12,15H,1-2,7-9H2/t11-,12+. The van der Waals surface area contributed by atoms with Crippen molar-refractivity contribution < 1.29 is 18.3 Å². The van der Waals surface area contributed by atoms with Gasteiger partial charge in [-0.15, -0.1) is 5.10 Å². The fourth-order valence-corrected chi connectivity index (χ4v) is 3.41. The minimum Gasteiger partial charge on any atom is -0.435 e. The number of alkyl halides is 2. The number of halogens is 2. The summed E-state index contributed by atoms with van der Waals surface area (Å²) in [6.07, 6.45) is 2.26. The molecule has 0 N–H and O–H groups in total. The summed E-state index contributed by atoms with van der Waals surface area (Å²) in [4.78, 5) is 2.39. The molecule has 2 bridgehead atoms. The number of fused-ring (bicyclic) bond motifs is 2. The topological polar surface area (TPSA) is 65.3 Å². The number of morpholine rings is 1. The second kappa shape index (κ2) is 6.40. The Balaban J connectivity index is 1.52. The Morgan fingerprint density at radius 1 is 1.17 bits per heavy atom. The predicted molar refractivity (Wildman–Crippen MR) is 79.0 cm³/mol. The number of benzene rings is 1. The summed E-state index contributed by atoms with van der Waals surface area (Å²) in [6.45, 7) is -0.701. The number of ether oxygens (including phenoxy) is 2. The van der Waals surface area contributed by atoms with Crippen molar-refractivity contribution in [3.63, 3.8) is 0 Å². The first-order valence-electron chi connectivity index (χ1n) is 7.86. The molecule has 0 radical (unpaired) electrons. The second-order valence-corrected chi connectivity index (χ2v) is 5.97. The fraction of sp³-hybridized carbons (Fsp3) is 0.533. The number of nitrogens with zero attached hydrogens (tertiary/aromatic N) is 5. The van der Waals surface area contributed by atoms with Crippen LogP contribution in [0.25, 0.3) is 5.69 Å². The van der Waals surface area contributed by atoms with Crippen LogP contribution in [0, 0.1) is 0 Å². The molecule has 0 spiro atoms. The number of hydrogen-bond donors (Lipinski definition) is 0. The Labute approximate surface area is 137 Å². The van der Waals surface area contributed by atoms with Gasteiger partial charge in [-0.05, 0) is 47.5 Å². The van der Waals surface area contributed by atoms with Gasteiger partial charge < -0.3 is 9.47 Å². The van der Waals surface area contributed by atoms with Crippen molar-refractivity contribution in [3.05, 3.63) is 30.1 Å². The smallest absolute Gasteiger partial charge is 0.387 e. The third-order valence-corrected chi connectivity index (χ3v) is 4.56. The Morgan fingerprint density at radius 2 is 1.88 bits per heavy atom. The summed E-state index contributed by atoms with van der Waals surface area (Å²) in [6, 6.07) is 7.10. The molecule has 0 unspecified atom stereocenters. The summed E-state index contributed by atoms with van der Waals surface area (Å²) in [5.41, 5.74) is 0.706. The molecule has 0 saturated carbocycles. The highest BCUT2D eigenvalue weighted by molar-refractivity contribution is 5.37. The maximum absolute atomic E-state index is 12.2. The van der Waals surface area contributed by atoms with Gasteiger partial charge in [-0.1, -0.05) is 0 Å². The lowest BCUT2D eigenvalue weighted by Gasteiger charge is -2.33. The highest BCUT2D eigenvalue weighted by atomic mass is 19.3. The van der Waals surface area contributed by atoms with Crippen molar-refractivity contribution in [2.75, 3.05) is 13.2 Å². The number of rotatable bonds is 5. The van der Waals surface area contributed by atoms with E-state index in [0.29, 0.717) is 24.3 Å². The van der Waals surface area contributed by atoms with Gasteiger partial charge in [-0.2, -0.15) is 13.5 Å².